The molecule has 0 aliphatic heterocycles. The van der Waals surface area contributed by atoms with Crippen molar-refractivity contribution in [2.24, 2.45) is 5.73 Å². The number of para-hydroxylation sites is 1. The molecule has 5 heteroatoms. The Morgan fingerprint density at radius 3 is 2.52 bits per heavy atom. The first-order valence-corrected chi connectivity index (χ1v) is 7.78. The lowest BCUT2D eigenvalue weighted by Gasteiger charge is -2.25. The summed E-state index contributed by atoms with van der Waals surface area (Å²) in [4.78, 5) is 2.54. The second-order valence-electron chi connectivity index (χ2n) is 4.71. The highest BCUT2D eigenvalue weighted by Gasteiger charge is 2.11. The molecule has 2 aromatic carbocycles. The van der Waals surface area contributed by atoms with Crippen molar-refractivity contribution >= 4 is 38.8 Å². The number of nitrogens with zero attached hydrogens (tertiary/aromatic N) is 1. The Labute approximate surface area is 137 Å². The van der Waals surface area contributed by atoms with Crippen LogP contribution in [0.15, 0.2) is 53.0 Å². The standard InChI is InChI=1S/C16H16BrFN2S/c17-13-7-6-12(15(18)10-13)11-20(9-8-16(19)21)14-4-2-1-3-5-14/h1-7,10H,8-9,11H2,(H2,19,21). The Hall–Kier alpha value is -1.46. The highest BCUT2D eigenvalue weighted by atomic mass is 79.9. The second kappa shape index (κ2) is 7.52. The van der Waals surface area contributed by atoms with E-state index in [9.17, 15) is 4.39 Å². The fraction of sp³-hybridized carbons (Fsp3) is 0.188. The van der Waals surface area contributed by atoms with Crippen molar-refractivity contribution in [3.8, 4) is 0 Å². The lowest BCUT2D eigenvalue weighted by atomic mass is 10.1. The molecule has 0 saturated carbocycles. The molecule has 0 radical (unpaired) electrons. The molecule has 0 bridgehead atoms. The number of hydrogen-bond donors (Lipinski definition) is 1. The molecule has 0 aliphatic carbocycles. The van der Waals surface area contributed by atoms with E-state index >= 15 is 0 Å². The third kappa shape index (κ3) is 4.79. The largest absolute Gasteiger partial charge is 0.393 e. The molecule has 2 N–H and O–H groups in total. The Morgan fingerprint density at radius 2 is 1.90 bits per heavy atom. The number of anilines is 1. The molecule has 2 rings (SSSR count). The topological polar surface area (TPSA) is 29.3 Å². The minimum Gasteiger partial charge on any atom is -0.393 e. The molecule has 0 unspecified atom stereocenters. The summed E-state index contributed by atoms with van der Waals surface area (Å²) in [6, 6.07) is 15.0. The van der Waals surface area contributed by atoms with Crippen LogP contribution in [0, 0.1) is 5.82 Å². The maximum absolute atomic E-state index is 14.0. The number of rotatable bonds is 6. The quantitative estimate of drug-likeness (QED) is 0.774. The van der Waals surface area contributed by atoms with Gasteiger partial charge in [0.15, 0.2) is 0 Å². The van der Waals surface area contributed by atoms with E-state index in [-0.39, 0.29) is 5.82 Å². The monoisotopic (exact) mass is 366 g/mol. The Balaban J connectivity index is 2.21. The third-order valence-electron chi connectivity index (χ3n) is 3.13. The van der Waals surface area contributed by atoms with E-state index in [0.717, 1.165) is 10.2 Å². The SMILES string of the molecule is NC(=S)CCN(Cc1ccc(Br)cc1F)c1ccccc1. The molecule has 0 heterocycles. The third-order valence-corrected chi connectivity index (χ3v) is 3.82. The number of halogens is 2. The van der Waals surface area contributed by atoms with Crippen LogP contribution in [0.25, 0.3) is 0 Å². The molecular weight excluding hydrogens is 351 g/mol. The van der Waals surface area contributed by atoms with E-state index in [4.69, 9.17) is 18.0 Å². The Bertz CT molecular complexity index is 619. The molecule has 2 nitrogen and oxygen atoms in total. The van der Waals surface area contributed by atoms with Gasteiger partial charge in [-0.1, -0.05) is 52.4 Å². The molecule has 0 atom stereocenters. The zero-order valence-electron chi connectivity index (χ0n) is 11.4. The summed E-state index contributed by atoms with van der Waals surface area (Å²) < 4.78 is 14.8. The lowest BCUT2D eigenvalue weighted by molar-refractivity contribution is 0.603. The van der Waals surface area contributed by atoms with Gasteiger partial charge in [0, 0.05) is 35.2 Å². The minimum atomic E-state index is -0.222. The number of thiocarbonyl (C=S) groups is 1. The molecule has 2 aromatic rings. The zero-order chi connectivity index (χ0) is 15.2. The Morgan fingerprint density at radius 1 is 1.19 bits per heavy atom. The molecule has 0 spiro atoms. The van der Waals surface area contributed by atoms with Crippen LogP contribution < -0.4 is 10.6 Å². The zero-order valence-corrected chi connectivity index (χ0v) is 13.8. The van der Waals surface area contributed by atoms with Gasteiger partial charge in [0.05, 0.1) is 4.99 Å². The van der Waals surface area contributed by atoms with Gasteiger partial charge >= 0.3 is 0 Å². The second-order valence-corrected chi connectivity index (χ2v) is 6.15. The van der Waals surface area contributed by atoms with Gasteiger partial charge in [-0.25, -0.2) is 4.39 Å². The van der Waals surface area contributed by atoms with Gasteiger partial charge in [-0.2, -0.15) is 0 Å². The van der Waals surface area contributed by atoms with Gasteiger partial charge in [-0.05, 0) is 24.3 Å². The highest BCUT2D eigenvalue weighted by molar-refractivity contribution is 9.10. The number of benzene rings is 2. The summed E-state index contributed by atoms with van der Waals surface area (Å²) in [5.41, 5.74) is 7.25. The average Bonchev–Trinajstić information content (AvgIpc) is 2.46. The van der Waals surface area contributed by atoms with Crippen LogP contribution >= 0.6 is 28.1 Å². The summed E-state index contributed by atoms with van der Waals surface area (Å²) in [5.74, 6) is -0.222. The van der Waals surface area contributed by atoms with E-state index in [0.29, 0.717) is 30.1 Å². The molecule has 21 heavy (non-hydrogen) atoms. The van der Waals surface area contributed by atoms with E-state index in [1.807, 2.05) is 36.4 Å². The van der Waals surface area contributed by atoms with Crippen molar-refractivity contribution in [1.29, 1.82) is 0 Å². The van der Waals surface area contributed by atoms with Gasteiger partial charge in [-0.15, -0.1) is 0 Å². The van der Waals surface area contributed by atoms with Crippen LogP contribution in [-0.4, -0.2) is 11.5 Å². The van der Waals surface area contributed by atoms with Crippen LogP contribution in [0.4, 0.5) is 10.1 Å². The molecule has 0 saturated heterocycles. The van der Waals surface area contributed by atoms with Crippen LogP contribution in [0.5, 0.6) is 0 Å². The smallest absolute Gasteiger partial charge is 0.129 e. The molecule has 0 aromatic heterocycles. The van der Waals surface area contributed by atoms with Crippen molar-refractivity contribution in [1.82, 2.24) is 0 Å². The predicted molar refractivity (Wildman–Crippen MR) is 93.0 cm³/mol. The van der Waals surface area contributed by atoms with Crippen molar-refractivity contribution < 1.29 is 4.39 Å². The van der Waals surface area contributed by atoms with Crippen molar-refractivity contribution in [2.45, 2.75) is 13.0 Å². The Kier molecular flexibility index (Phi) is 5.70. The number of hydrogen-bond acceptors (Lipinski definition) is 2. The van der Waals surface area contributed by atoms with E-state index < -0.39 is 0 Å². The van der Waals surface area contributed by atoms with E-state index in [1.165, 1.54) is 6.07 Å². The van der Waals surface area contributed by atoms with Gasteiger partial charge in [0.1, 0.15) is 5.82 Å². The van der Waals surface area contributed by atoms with Crippen LogP contribution in [0.1, 0.15) is 12.0 Å². The first-order chi connectivity index (χ1) is 10.1. The summed E-state index contributed by atoms with van der Waals surface area (Å²) in [6.07, 6.45) is 0.600. The predicted octanol–water partition coefficient (Wildman–Crippen LogP) is 4.27. The normalized spacial score (nSPS) is 10.4. The summed E-state index contributed by atoms with van der Waals surface area (Å²) in [6.45, 7) is 1.14. The van der Waals surface area contributed by atoms with Crippen LogP contribution in [0.3, 0.4) is 0 Å². The molecular formula is C16H16BrFN2S. The molecule has 0 amide bonds. The fourth-order valence-electron chi connectivity index (χ4n) is 2.04. The molecule has 110 valence electrons. The first kappa shape index (κ1) is 15.9. The molecule has 0 fully saturated rings. The summed E-state index contributed by atoms with van der Waals surface area (Å²) >= 11 is 8.21. The number of nitrogens with two attached hydrogens (primary N) is 1. The lowest BCUT2D eigenvalue weighted by Crippen LogP contribution is -2.27. The average molecular weight is 367 g/mol. The maximum Gasteiger partial charge on any atom is 0.129 e. The van der Waals surface area contributed by atoms with Crippen LogP contribution in [0.2, 0.25) is 0 Å². The van der Waals surface area contributed by atoms with Crippen molar-refractivity contribution in [3.63, 3.8) is 0 Å². The summed E-state index contributed by atoms with van der Waals surface area (Å²) in [7, 11) is 0. The van der Waals surface area contributed by atoms with Gasteiger partial charge in [-0.3, -0.25) is 0 Å². The molecule has 0 aliphatic rings. The maximum atomic E-state index is 14.0. The first-order valence-electron chi connectivity index (χ1n) is 6.58. The minimum absolute atomic E-state index is 0.222. The summed E-state index contributed by atoms with van der Waals surface area (Å²) in [5, 5.41) is 0. The van der Waals surface area contributed by atoms with Gasteiger partial charge in [0.25, 0.3) is 0 Å². The fourth-order valence-corrected chi connectivity index (χ4v) is 2.46. The van der Waals surface area contributed by atoms with Gasteiger partial charge in [0.2, 0.25) is 0 Å². The van der Waals surface area contributed by atoms with Crippen LogP contribution in [-0.2, 0) is 6.54 Å². The highest BCUT2D eigenvalue weighted by Crippen LogP contribution is 2.21. The van der Waals surface area contributed by atoms with E-state index in [1.54, 1.807) is 6.07 Å². The van der Waals surface area contributed by atoms with Crippen molar-refractivity contribution in [3.05, 3.63) is 64.4 Å². The van der Waals surface area contributed by atoms with E-state index in [2.05, 4.69) is 20.8 Å². The van der Waals surface area contributed by atoms with Crippen molar-refractivity contribution in [2.75, 3.05) is 11.4 Å². The van der Waals surface area contributed by atoms with Gasteiger partial charge < -0.3 is 10.6 Å².